The number of allylic oxidation sites excluding steroid dienone is 1. The molecule has 0 amide bonds. The van der Waals surface area contributed by atoms with E-state index in [1.165, 1.54) is 18.3 Å². The van der Waals surface area contributed by atoms with E-state index in [4.69, 9.17) is 0 Å². The maximum absolute atomic E-state index is 13.6. The normalized spacial score (nSPS) is 14.5. The second kappa shape index (κ2) is 7.71. The van der Waals surface area contributed by atoms with E-state index in [1.54, 1.807) is 43.3 Å². The van der Waals surface area contributed by atoms with Gasteiger partial charge in [0.1, 0.15) is 17.3 Å². The minimum Gasteiger partial charge on any atom is -0.382 e. The summed E-state index contributed by atoms with van der Waals surface area (Å²) < 4.78 is 28.3. The zero-order chi connectivity index (χ0) is 22.3. The van der Waals surface area contributed by atoms with E-state index >= 15 is 0 Å². The molecule has 1 saturated carbocycles. The number of hydrogen-bond acceptors (Lipinski definition) is 5. The SMILES string of the molecule is Cc1ccc(S(=O)(=O)n2c(C(=O)/C(C#N)=C/N(C)C)cc3cc(C4CC4)ccc32)cc1. The van der Waals surface area contributed by atoms with Crippen molar-refractivity contribution in [3.8, 4) is 6.07 Å². The summed E-state index contributed by atoms with van der Waals surface area (Å²) in [6.45, 7) is 1.88. The van der Waals surface area contributed by atoms with Crippen molar-refractivity contribution in [3.05, 3.63) is 77.1 Å². The van der Waals surface area contributed by atoms with Gasteiger partial charge in [-0.25, -0.2) is 12.4 Å². The fourth-order valence-corrected chi connectivity index (χ4v) is 5.16. The van der Waals surface area contributed by atoms with Crippen LogP contribution in [0.15, 0.2) is 65.2 Å². The molecule has 1 aromatic heterocycles. The summed E-state index contributed by atoms with van der Waals surface area (Å²) in [5.74, 6) is -0.139. The van der Waals surface area contributed by atoms with Gasteiger partial charge in [0.25, 0.3) is 10.0 Å². The maximum Gasteiger partial charge on any atom is 0.268 e. The van der Waals surface area contributed by atoms with Gasteiger partial charge in [0.15, 0.2) is 0 Å². The summed E-state index contributed by atoms with van der Waals surface area (Å²) in [6.07, 6.45) is 3.63. The Balaban J connectivity index is 1.97. The molecular formula is C24H23N3O3S. The number of benzene rings is 2. The number of fused-ring (bicyclic) bond motifs is 1. The number of ketones is 1. The van der Waals surface area contributed by atoms with Crippen LogP contribution in [0, 0.1) is 18.3 Å². The molecule has 4 rings (SSSR count). The highest BCUT2D eigenvalue weighted by molar-refractivity contribution is 7.90. The third-order valence-electron chi connectivity index (χ3n) is 5.37. The van der Waals surface area contributed by atoms with Gasteiger partial charge >= 0.3 is 0 Å². The molecule has 6 nitrogen and oxygen atoms in total. The molecule has 2 aromatic carbocycles. The predicted octanol–water partition coefficient (Wildman–Crippen LogP) is 4.22. The minimum atomic E-state index is -4.06. The van der Waals surface area contributed by atoms with Gasteiger partial charge in [-0.15, -0.1) is 0 Å². The molecule has 0 unspecified atom stereocenters. The summed E-state index contributed by atoms with van der Waals surface area (Å²) in [4.78, 5) is 14.9. The first-order chi connectivity index (χ1) is 14.7. The lowest BCUT2D eigenvalue weighted by molar-refractivity contribution is 0.103. The highest BCUT2D eigenvalue weighted by Crippen LogP contribution is 2.41. The lowest BCUT2D eigenvalue weighted by Gasteiger charge is -2.12. The Bertz CT molecular complexity index is 1350. The van der Waals surface area contributed by atoms with Crippen LogP contribution in [0.1, 0.15) is 40.4 Å². The second-order valence-corrected chi connectivity index (χ2v) is 9.94. The summed E-state index contributed by atoms with van der Waals surface area (Å²) >= 11 is 0. The molecule has 0 atom stereocenters. The molecule has 1 aliphatic carbocycles. The van der Waals surface area contributed by atoms with Crippen LogP contribution in [0.2, 0.25) is 0 Å². The second-order valence-electron chi connectivity index (χ2n) is 8.15. The third-order valence-corrected chi connectivity index (χ3v) is 7.12. The van der Waals surface area contributed by atoms with E-state index < -0.39 is 15.8 Å². The van der Waals surface area contributed by atoms with Crippen LogP contribution in [-0.4, -0.2) is 37.2 Å². The zero-order valence-corrected chi connectivity index (χ0v) is 18.5. The van der Waals surface area contributed by atoms with E-state index in [0.717, 1.165) is 27.9 Å². The number of Topliss-reactive ketones (excluding diaryl/α,β-unsaturated/α-hetero) is 1. The number of rotatable bonds is 6. The van der Waals surface area contributed by atoms with Gasteiger partial charge in [-0.05, 0) is 61.6 Å². The molecular weight excluding hydrogens is 410 g/mol. The summed E-state index contributed by atoms with van der Waals surface area (Å²) in [5.41, 5.74) is 2.33. The average Bonchev–Trinajstić information content (AvgIpc) is 3.51. The zero-order valence-electron chi connectivity index (χ0n) is 17.7. The Morgan fingerprint density at radius 3 is 2.39 bits per heavy atom. The van der Waals surface area contributed by atoms with Crippen molar-refractivity contribution in [2.45, 2.75) is 30.6 Å². The van der Waals surface area contributed by atoms with Crippen molar-refractivity contribution in [2.24, 2.45) is 0 Å². The number of carbonyl (C=O) groups is 1. The van der Waals surface area contributed by atoms with Crippen LogP contribution >= 0.6 is 0 Å². The Morgan fingerprint density at radius 2 is 1.81 bits per heavy atom. The van der Waals surface area contributed by atoms with Gasteiger partial charge in [0.2, 0.25) is 5.78 Å². The van der Waals surface area contributed by atoms with Gasteiger partial charge in [-0.1, -0.05) is 23.8 Å². The van der Waals surface area contributed by atoms with Crippen LogP contribution in [0.25, 0.3) is 10.9 Å². The number of hydrogen-bond donors (Lipinski definition) is 0. The quantitative estimate of drug-likeness (QED) is 0.330. The number of nitrogens with zero attached hydrogens (tertiary/aromatic N) is 3. The number of aromatic nitrogens is 1. The average molecular weight is 434 g/mol. The predicted molar refractivity (Wildman–Crippen MR) is 119 cm³/mol. The van der Waals surface area contributed by atoms with Crippen LogP contribution in [0.4, 0.5) is 0 Å². The standard InChI is InChI=1S/C24H23N3O3S/c1-16-4-9-21(10-5-16)31(29,30)27-22-11-8-18(17-6-7-17)12-19(22)13-23(27)24(28)20(14-25)15-26(2)3/h4-5,8-13,15,17H,6-7H2,1-3H3/b20-15+. The summed E-state index contributed by atoms with van der Waals surface area (Å²) in [6, 6.07) is 15.6. The fraction of sp³-hybridized carbons (Fsp3) is 0.250. The molecule has 1 aliphatic rings. The third kappa shape index (κ3) is 3.87. The van der Waals surface area contributed by atoms with Gasteiger partial charge in [0, 0.05) is 25.7 Å². The van der Waals surface area contributed by atoms with Gasteiger partial charge in [-0.2, -0.15) is 5.26 Å². The van der Waals surface area contributed by atoms with Crippen molar-refractivity contribution < 1.29 is 13.2 Å². The number of nitriles is 1. The van der Waals surface area contributed by atoms with Gasteiger partial charge in [0.05, 0.1) is 10.4 Å². The molecule has 7 heteroatoms. The largest absolute Gasteiger partial charge is 0.382 e. The van der Waals surface area contributed by atoms with Crippen molar-refractivity contribution >= 4 is 26.7 Å². The summed E-state index contributed by atoms with van der Waals surface area (Å²) in [5, 5.41) is 10.2. The first kappa shape index (κ1) is 20.9. The molecule has 0 bridgehead atoms. The van der Waals surface area contributed by atoms with Gasteiger partial charge in [-0.3, -0.25) is 4.79 Å². The molecule has 31 heavy (non-hydrogen) atoms. The lowest BCUT2D eigenvalue weighted by Crippen LogP contribution is -2.20. The first-order valence-electron chi connectivity index (χ1n) is 10.0. The molecule has 3 aromatic rings. The Hall–Kier alpha value is -3.37. The van der Waals surface area contributed by atoms with Gasteiger partial charge < -0.3 is 4.90 Å². The lowest BCUT2D eigenvalue weighted by atomic mass is 10.1. The van der Waals surface area contributed by atoms with Crippen LogP contribution in [0.5, 0.6) is 0 Å². The molecule has 158 valence electrons. The van der Waals surface area contributed by atoms with E-state index in [9.17, 15) is 18.5 Å². The van der Waals surface area contributed by atoms with E-state index in [2.05, 4.69) is 0 Å². The van der Waals surface area contributed by atoms with Crippen molar-refractivity contribution in [3.63, 3.8) is 0 Å². The number of aryl methyl sites for hydroxylation is 1. The van der Waals surface area contributed by atoms with E-state index in [-0.39, 0.29) is 16.2 Å². The highest BCUT2D eigenvalue weighted by atomic mass is 32.2. The Labute approximate surface area is 182 Å². The minimum absolute atomic E-state index is 0.0434. The van der Waals surface area contributed by atoms with E-state index in [1.807, 2.05) is 25.1 Å². The van der Waals surface area contributed by atoms with Crippen LogP contribution in [0.3, 0.4) is 0 Å². The fourth-order valence-electron chi connectivity index (χ4n) is 3.65. The van der Waals surface area contributed by atoms with Crippen molar-refractivity contribution in [1.82, 2.24) is 8.87 Å². The van der Waals surface area contributed by atoms with Crippen molar-refractivity contribution in [1.29, 1.82) is 5.26 Å². The molecule has 1 fully saturated rings. The van der Waals surface area contributed by atoms with Crippen LogP contribution in [-0.2, 0) is 10.0 Å². The van der Waals surface area contributed by atoms with Crippen molar-refractivity contribution in [2.75, 3.05) is 14.1 Å². The molecule has 0 aliphatic heterocycles. The van der Waals surface area contributed by atoms with Crippen LogP contribution < -0.4 is 0 Å². The molecule has 0 saturated heterocycles. The molecule has 0 radical (unpaired) electrons. The smallest absolute Gasteiger partial charge is 0.268 e. The molecule has 0 spiro atoms. The topological polar surface area (TPSA) is 83.2 Å². The maximum atomic E-state index is 13.6. The summed E-state index contributed by atoms with van der Waals surface area (Å²) in [7, 11) is -0.658. The van der Waals surface area contributed by atoms with E-state index in [0.29, 0.717) is 16.8 Å². The molecule has 0 N–H and O–H groups in total. The Morgan fingerprint density at radius 1 is 1.13 bits per heavy atom. The Kier molecular flexibility index (Phi) is 5.19. The molecule has 1 heterocycles. The number of carbonyl (C=O) groups excluding carboxylic acids is 1. The highest BCUT2D eigenvalue weighted by Gasteiger charge is 2.29. The first-order valence-corrected chi connectivity index (χ1v) is 11.5. The monoisotopic (exact) mass is 433 g/mol.